The van der Waals surface area contributed by atoms with Crippen LogP contribution in [-0.4, -0.2) is 17.1 Å². The van der Waals surface area contributed by atoms with E-state index in [0.717, 1.165) is 12.2 Å². The molecule has 0 amide bonds. The quantitative estimate of drug-likeness (QED) is 0.722. The van der Waals surface area contributed by atoms with E-state index in [4.69, 9.17) is 5.73 Å². The molecule has 0 aliphatic heterocycles. The summed E-state index contributed by atoms with van der Waals surface area (Å²) in [6, 6.07) is 5.90. The van der Waals surface area contributed by atoms with Gasteiger partial charge < -0.3 is 11.1 Å². The molecule has 0 saturated heterocycles. The van der Waals surface area contributed by atoms with Gasteiger partial charge in [0.15, 0.2) is 0 Å². The van der Waals surface area contributed by atoms with Crippen LogP contribution in [0.4, 0.5) is 0 Å². The van der Waals surface area contributed by atoms with Crippen molar-refractivity contribution in [2.45, 2.75) is 25.9 Å². The van der Waals surface area contributed by atoms with Gasteiger partial charge in [-0.25, -0.2) is 0 Å². The van der Waals surface area contributed by atoms with E-state index in [-0.39, 0.29) is 5.54 Å². The van der Waals surface area contributed by atoms with Gasteiger partial charge in [-0.3, -0.25) is 4.98 Å². The van der Waals surface area contributed by atoms with Crippen molar-refractivity contribution in [3.63, 3.8) is 0 Å². The summed E-state index contributed by atoms with van der Waals surface area (Å²) in [4.78, 5) is 4.21. The lowest BCUT2D eigenvalue weighted by Crippen LogP contribution is -2.45. The van der Waals surface area contributed by atoms with Crippen molar-refractivity contribution in [2.75, 3.05) is 6.54 Å². The highest BCUT2D eigenvalue weighted by Crippen LogP contribution is 2.01. The maximum atomic E-state index is 5.59. The summed E-state index contributed by atoms with van der Waals surface area (Å²) < 4.78 is 0. The Morgan fingerprint density at radius 2 is 2.23 bits per heavy atom. The van der Waals surface area contributed by atoms with Crippen LogP contribution < -0.4 is 11.1 Å². The van der Waals surface area contributed by atoms with E-state index in [1.807, 2.05) is 18.2 Å². The Morgan fingerprint density at radius 3 is 2.77 bits per heavy atom. The molecule has 0 atom stereocenters. The number of aromatic nitrogens is 1. The Morgan fingerprint density at radius 1 is 1.46 bits per heavy atom. The van der Waals surface area contributed by atoms with Crippen molar-refractivity contribution in [3.05, 3.63) is 30.1 Å². The maximum absolute atomic E-state index is 5.59. The average molecular weight is 179 g/mol. The second-order valence-corrected chi connectivity index (χ2v) is 3.76. The van der Waals surface area contributed by atoms with Crippen molar-refractivity contribution in [1.82, 2.24) is 10.3 Å². The number of nitrogens with one attached hydrogen (secondary N) is 1. The maximum Gasteiger partial charge on any atom is 0.0541 e. The highest BCUT2D eigenvalue weighted by molar-refractivity contribution is 5.03. The first-order chi connectivity index (χ1) is 6.14. The van der Waals surface area contributed by atoms with Crippen LogP contribution in [0.2, 0.25) is 0 Å². The number of hydrogen-bond donors (Lipinski definition) is 2. The van der Waals surface area contributed by atoms with Crippen molar-refractivity contribution >= 4 is 0 Å². The van der Waals surface area contributed by atoms with Crippen LogP contribution >= 0.6 is 0 Å². The van der Waals surface area contributed by atoms with Gasteiger partial charge in [0.2, 0.25) is 0 Å². The van der Waals surface area contributed by atoms with Crippen LogP contribution in [0, 0.1) is 0 Å². The second kappa shape index (κ2) is 4.35. The van der Waals surface area contributed by atoms with Gasteiger partial charge in [-0.05, 0) is 26.0 Å². The fourth-order valence-corrected chi connectivity index (χ4v) is 0.905. The predicted octanol–water partition coefficient (Wildman–Crippen LogP) is 0.908. The normalized spacial score (nSPS) is 11.6. The zero-order chi connectivity index (χ0) is 9.73. The molecule has 0 bridgehead atoms. The van der Waals surface area contributed by atoms with Crippen LogP contribution in [0.15, 0.2) is 24.4 Å². The summed E-state index contributed by atoms with van der Waals surface area (Å²) in [5.74, 6) is 0. The van der Waals surface area contributed by atoms with Crippen molar-refractivity contribution in [3.8, 4) is 0 Å². The van der Waals surface area contributed by atoms with Crippen LogP contribution in [0.25, 0.3) is 0 Å². The number of nitrogens with zero attached hydrogens (tertiary/aromatic N) is 1. The molecule has 0 aromatic carbocycles. The Kier molecular flexibility index (Phi) is 3.39. The lowest BCUT2D eigenvalue weighted by Gasteiger charge is -2.23. The van der Waals surface area contributed by atoms with Gasteiger partial charge in [0, 0.05) is 24.8 Å². The van der Waals surface area contributed by atoms with E-state index in [1.165, 1.54) is 0 Å². The van der Waals surface area contributed by atoms with Crippen LogP contribution in [0.1, 0.15) is 19.5 Å². The first-order valence-electron chi connectivity index (χ1n) is 4.49. The lowest BCUT2D eigenvalue weighted by atomic mass is 10.1. The van der Waals surface area contributed by atoms with Crippen LogP contribution in [-0.2, 0) is 6.54 Å². The largest absolute Gasteiger partial charge is 0.329 e. The van der Waals surface area contributed by atoms with Crippen molar-refractivity contribution in [2.24, 2.45) is 5.73 Å². The molecule has 0 spiro atoms. The zero-order valence-electron chi connectivity index (χ0n) is 8.25. The minimum Gasteiger partial charge on any atom is -0.329 e. The monoisotopic (exact) mass is 179 g/mol. The van der Waals surface area contributed by atoms with Gasteiger partial charge in [0.05, 0.1) is 5.69 Å². The second-order valence-electron chi connectivity index (χ2n) is 3.76. The molecule has 3 nitrogen and oxygen atoms in total. The zero-order valence-corrected chi connectivity index (χ0v) is 8.25. The number of pyridine rings is 1. The molecular formula is C10H17N3. The van der Waals surface area contributed by atoms with E-state index >= 15 is 0 Å². The third-order valence-corrected chi connectivity index (χ3v) is 1.98. The smallest absolute Gasteiger partial charge is 0.0541 e. The molecular weight excluding hydrogens is 162 g/mol. The molecule has 13 heavy (non-hydrogen) atoms. The van der Waals surface area contributed by atoms with Gasteiger partial charge >= 0.3 is 0 Å². The predicted molar refractivity (Wildman–Crippen MR) is 54.2 cm³/mol. The topological polar surface area (TPSA) is 50.9 Å². The molecule has 0 aliphatic carbocycles. The molecule has 0 aliphatic rings. The summed E-state index contributed by atoms with van der Waals surface area (Å²) in [5, 5.41) is 3.34. The van der Waals surface area contributed by atoms with Gasteiger partial charge in [0.25, 0.3) is 0 Å². The highest BCUT2D eigenvalue weighted by atomic mass is 15.0. The van der Waals surface area contributed by atoms with Crippen molar-refractivity contribution in [1.29, 1.82) is 0 Å². The Balaban J connectivity index is 2.44. The molecule has 1 rings (SSSR count). The number of rotatable bonds is 4. The standard InChI is InChI=1S/C10H17N3/c1-10(2,8-11)13-7-9-5-3-4-6-12-9/h3-6,13H,7-8,11H2,1-2H3. The minimum atomic E-state index is -0.0163. The number of nitrogens with two attached hydrogens (primary N) is 1. The first kappa shape index (κ1) is 10.2. The molecule has 0 fully saturated rings. The van der Waals surface area contributed by atoms with E-state index in [1.54, 1.807) is 6.20 Å². The molecule has 3 N–H and O–H groups in total. The van der Waals surface area contributed by atoms with E-state index in [9.17, 15) is 0 Å². The molecule has 1 aromatic heterocycles. The van der Waals surface area contributed by atoms with E-state index in [0.29, 0.717) is 6.54 Å². The summed E-state index contributed by atoms with van der Waals surface area (Å²) >= 11 is 0. The minimum absolute atomic E-state index is 0.0163. The molecule has 0 saturated carbocycles. The molecule has 72 valence electrons. The summed E-state index contributed by atoms with van der Waals surface area (Å²) in [6.45, 7) is 5.55. The molecule has 0 unspecified atom stereocenters. The SMILES string of the molecule is CC(C)(CN)NCc1ccccn1. The number of hydrogen-bond acceptors (Lipinski definition) is 3. The molecule has 1 heterocycles. The van der Waals surface area contributed by atoms with Gasteiger partial charge in [-0.2, -0.15) is 0 Å². The Bertz CT molecular complexity index is 244. The van der Waals surface area contributed by atoms with Crippen LogP contribution in [0.3, 0.4) is 0 Å². The van der Waals surface area contributed by atoms with Gasteiger partial charge in [-0.15, -0.1) is 0 Å². The fraction of sp³-hybridized carbons (Fsp3) is 0.500. The lowest BCUT2D eigenvalue weighted by molar-refractivity contribution is 0.394. The summed E-state index contributed by atoms with van der Waals surface area (Å²) in [5.41, 5.74) is 6.62. The molecule has 0 radical (unpaired) electrons. The Hall–Kier alpha value is -0.930. The Labute approximate surface area is 79.4 Å². The van der Waals surface area contributed by atoms with Crippen molar-refractivity contribution < 1.29 is 0 Å². The molecule has 3 heteroatoms. The van der Waals surface area contributed by atoms with Gasteiger partial charge in [0.1, 0.15) is 0 Å². The summed E-state index contributed by atoms with van der Waals surface area (Å²) in [7, 11) is 0. The highest BCUT2D eigenvalue weighted by Gasteiger charge is 2.13. The van der Waals surface area contributed by atoms with Gasteiger partial charge in [-0.1, -0.05) is 6.07 Å². The van der Waals surface area contributed by atoms with Crippen LogP contribution in [0.5, 0.6) is 0 Å². The summed E-state index contributed by atoms with van der Waals surface area (Å²) in [6.07, 6.45) is 1.80. The van der Waals surface area contributed by atoms with E-state index < -0.39 is 0 Å². The first-order valence-corrected chi connectivity index (χ1v) is 4.49. The average Bonchev–Trinajstić information content (AvgIpc) is 2.17. The molecule has 1 aromatic rings. The fourth-order valence-electron chi connectivity index (χ4n) is 0.905. The third kappa shape index (κ3) is 3.53. The third-order valence-electron chi connectivity index (χ3n) is 1.98. The van der Waals surface area contributed by atoms with E-state index in [2.05, 4.69) is 24.1 Å².